The van der Waals surface area contributed by atoms with Crippen molar-refractivity contribution in [1.82, 2.24) is 9.62 Å². The fourth-order valence-corrected chi connectivity index (χ4v) is 8.35. The van der Waals surface area contributed by atoms with Gasteiger partial charge in [-0.1, -0.05) is 29.8 Å². The molecule has 226 valence electrons. The van der Waals surface area contributed by atoms with Gasteiger partial charge in [0.15, 0.2) is 0 Å². The van der Waals surface area contributed by atoms with Gasteiger partial charge in [0.25, 0.3) is 0 Å². The quantitative estimate of drug-likeness (QED) is 0.400. The fraction of sp³-hybridized carbons (Fsp3) is 0.452. The summed E-state index contributed by atoms with van der Waals surface area (Å²) >= 11 is 0. The summed E-state index contributed by atoms with van der Waals surface area (Å²) in [5, 5.41) is 6.13. The Labute approximate surface area is 246 Å². The van der Waals surface area contributed by atoms with Crippen molar-refractivity contribution in [2.45, 2.75) is 62.0 Å². The van der Waals surface area contributed by atoms with Crippen LogP contribution in [0, 0.1) is 11.2 Å². The first-order valence-electron chi connectivity index (χ1n) is 14.4. The number of benzene rings is 2. The molecule has 1 amide bonds. The number of hydrogen-bond donors (Lipinski definition) is 3. The van der Waals surface area contributed by atoms with Gasteiger partial charge >= 0.3 is 0 Å². The van der Waals surface area contributed by atoms with Gasteiger partial charge in [-0.15, -0.1) is 0 Å². The highest BCUT2D eigenvalue weighted by Gasteiger charge is 2.45. The van der Waals surface area contributed by atoms with Crippen LogP contribution in [0.25, 0.3) is 0 Å². The molecule has 0 saturated carbocycles. The Bertz CT molecular complexity index is 1460. The third-order valence-electron chi connectivity index (χ3n) is 8.77. The highest BCUT2D eigenvalue weighted by Crippen LogP contribution is 2.45. The Morgan fingerprint density at radius 2 is 1.88 bits per heavy atom. The largest absolute Gasteiger partial charge is 0.381 e. The second-order valence-corrected chi connectivity index (χ2v) is 13.2. The Kier molecular flexibility index (Phi) is 9.24. The van der Waals surface area contributed by atoms with Crippen molar-refractivity contribution in [2.75, 3.05) is 31.6 Å². The lowest BCUT2D eigenvalue weighted by atomic mass is 9.67. The number of allylic oxidation sites excluding steroid dienone is 3. The molecule has 2 saturated heterocycles. The number of carbonyl (C=O) groups is 1. The summed E-state index contributed by atoms with van der Waals surface area (Å²) < 4.78 is 63.5. The number of piperazine rings is 1. The van der Waals surface area contributed by atoms with E-state index in [0.29, 0.717) is 52.0 Å². The van der Waals surface area contributed by atoms with Crippen LogP contribution < -0.4 is 16.4 Å². The van der Waals surface area contributed by atoms with E-state index in [1.165, 1.54) is 28.6 Å². The summed E-state index contributed by atoms with van der Waals surface area (Å²) in [7, 11) is -3.78. The summed E-state index contributed by atoms with van der Waals surface area (Å²) in [6.45, 7) is 3.58. The predicted molar refractivity (Wildman–Crippen MR) is 157 cm³/mol. The Hall–Kier alpha value is -2.96. The maximum absolute atomic E-state index is 15.2. The zero-order valence-electron chi connectivity index (χ0n) is 23.7. The van der Waals surface area contributed by atoms with Crippen LogP contribution in [-0.4, -0.2) is 63.1 Å². The lowest BCUT2D eigenvalue weighted by Crippen LogP contribution is -2.58. The van der Waals surface area contributed by atoms with Crippen molar-refractivity contribution in [2.24, 2.45) is 11.1 Å². The van der Waals surface area contributed by atoms with E-state index in [0.717, 1.165) is 5.57 Å². The van der Waals surface area contributed by atoms with E-state index in [4.69, 9.17) is 10.5 Å². The lowest BCUT2D eigenvalue weighted by Gasteiger charge is -2.42. The van der Waals surface area contributed by atoms with Gasteiger partial charge in [-0.25, -0.2) is 17.2 Å². The Balaban J connectivity index is 1.35. The second-order valence-electron chi connectivity index (χ2n) is 11.3. The van der Waals surface area contributed by atoms with Gasteiger partial charge < -0.3 is 21.1 Å². The molecule has 0 unspecified atom stereocenters. The highest BCUT2D eigenvalue weighted by molar-refractivity contribution is 7.89. The van der Waals surface area contributed by atoms with Gasteiger partial charge in [-0.2, -0.15) is 4.31 Å². The number of ether oxygens (including phenoxy) is 1. The molecule has 8 nitrogen and oxygen atoms in total. The molecule has 0 radical (unpaired) electrons. The van der Waals surface area contributed by atoms with Gasteiger partial charge in [0.1, 0.15) is 11.6 Å². The molecule has 0 bridgehead atoms. The SMILES string of the molecule is C[C@H]1CNC[C@H](CCc2c(F)cccc2NC(=O)[C@@H](N)C2(C3=CC(F)=CC3)CCOCC2)N1S(=O)(=O)c1ccccc1. The second kappa shape index (κ2) is 12.7. The Morgan fingerprint density at radius 1 is 1.14 bits per heavy atom. The van der Waals surface area contributed by atoms with Crippen molar-refractivity contribution in [3.8, 4) is 0 Å². The summed E-state index contributed by atoms with van der Waals surface area (Å²) in [5.41, 5.74) is 7.15. The van der Waals surface area contributed by atoms with Crippen molar-refractivity contribution in [3.05, 3.63) is 83.5 Å². The number of anilines is 1. The normalized spacial score (nSPS) is 23.6. The molecule has 5 rings (SSSR count). The third kappa shape index (κ3) is 6.07. The number of sulfonamides is 1. The minimum Gasteiger partial charge on any atom is -0.381 e. The van der Waals surface area contributed by atoms with Gasteiger partial charge in [-0.3, -0.25) is 4.79 Å². The predicted octanol–water partition coefficient (Wildman–Crippen LogP) is 4.06. The van der Waals surface area contributed by atoms with Crippen LogP contribution in [-0.2, 0) is 26.0 Å². The average molecular weight is 601 g/mol. The number of hydrogen-bond acceptors (Lipinski definition) is 6. The fourth-order valence-electron chi connectivity index (χ4n) is 6.48. The van der Waals surface area contributed by atoms with E-state index in [2.05, 4.69) is 10.6 Å². The van der Waals surface area contributed by atoms with Crippen LogP contribution in [0.2, 0.25) is 0 Å². The maximum atomic E-state index is 15.2. The molecule has 11 heteroatoms. The van der Waals surface area contributed by atoms with Crippen LogP contribution in [0.1, 0.15) is 38.2 Å². The molecule has 1 aliphatic carbocycles. The van der Waals surface area contributed by atoms with E-state index < -0.39 is 39.2 Å². The van der Waals surface area contributed by atoms with Crippen LogP contribution in [0.4, 0.5) is 14.5 Å². The summed E-state index contributed by atoms with van der Waals surface area (Å²) in [6.07, 6.45) is 4.79. The molecule has 2 fully saturated rings. The van der Waals surface area contributed by atoms with Crippen LogP contribution in [0.5, 0.6) is 0 Å². The highest BCUT2D eigenvalue weighted by atomic mass is 32.2. The van der Waals surface area contributed by atoms with E-state index in [-0.39, 0.29) is 34.4 Å². The van der Waals surface area contributed by atoms with Gasteiger partial charge in [0, 0.05) is 55.1 Å². The molecule has 0 spiro atoms. The summed E-state index contributed by atoms with van der Waals surface area (Å²) in [5.74, 6) is -1.33. The standard InChI is InChI=1S/C31H38F2N4O4S/c1-21-19-35-20-24(37(21)42(39,40)25-6-3-2-4-7-25)12-13-26-27(33)8-5-9-28(26)36-30(38)29(34)31(14-16-41-17-15-31)22-10-11-23(32)18-22/h2-9,11,18,21,24,29,35H,10,12-17,19-20,34H2,1H3,(H,36,38)/t21-,24-,29+/m0/s1. The van der Waals surface area contributed by atoms with Crippen LogP contribution in [0.3, 0.4) is 0 Å². The van der Waals surface area contributed by atoms with Crippen LogP contribution >= 0.6 is 0 Å². The molecule has 0 aromatic heterocycles. The number of nitrogens with one attached hydrogen (secondary N) is 2. The first-order valence-corrected chi connectivity index (χ1v) is 15.8. The molecular weight excluding hydrogens is 562 g/mol. The van der Waals surface area contributed by atoms with Crippen molar-refractivity contribution < 1.29 is 26.7 Å². The van der Waals surface area contributed by atoms with Gasteiger partial charge in [0.05, 0.1) is 10.9 Å². The minimum atomic E-state index is -3.78. The molecule has 4 N–H and O–H groups in total. The number of rotatable bonds is 9. The van der Waals surface area contributed by atoms with Gasteiger partial charge in [0.2, 0.25) is 15.9 Å². The molecular formula is C31H38F2N4O4S. The van der Waals surface area contributed by atoms with Crippen molar-refractivity contribution >= 4 is 21.6 Å². The molecule has 2 heterocycles. The molecule has 3 aliphatic rings. The molecule has 2 aliphatic heterocycles. The topological polar surface area (TPSA) is 114 Å². The first-order chi connectivity index (χ1) is 20.1. The molecule has 3 atom stereocenters. The number of amides is 1. The zero-order chi connectivity index (χ0) is 29.9. The number of halogens is 2. The molecule has 2 aromatic rings. The monoisotopic (exact) mass is 600 g/mol. The third-order valence-corrected chi connectivity index (χ3v) is 10.8. The van der Waals surface area contributed by atoms with E-state index in [1.54, 1.807) is 36.4 Å². The summed E-state index contributed by atoms with van der Waals surface area (Å²) in [4.78, 5) is 13.8. The number of carbonyl (C=O) groups excluding carboxylic acids is 1. The molecule has 42 heavy (non-hydrogen) atoms. The van der Waals surface area contributed by atoms with Gasteiger partial charge in [-0.05, 0) is 75.4 Å². The maximum Gasteiger partial charge on any atom is 0.243 e. The smallest absolute Gasteiger partial charge is 0.243 e. The van der Waals surface area contributed by atoms with Crippen LogP contribution in [0.15, 0.2) is 77.0 Å². The lowest BCUT2D eigenvalue weighted by molar-refractivity contribution is -0.121. The minimum absolute atomic E-state index is 0.191. The first kappa shape index (κ1) is 30.5. The van der Waals surface area contributed by atoms with Crippen molar-refractivity contribution in [1.29, 1.82) is 0 Å². The average Bonchev–Trinajstić information content (AvgIpc) is 3.44. The Morgan fingerprint density at radius 3 is 2.57 bits per heavy atom. The molecule has 2 aromatic carbocycles. The number of nitrogens with zero attached hydrogens (tertiary/aromatic N) is 1. The van der Waals surface area contributed by atoms with E-state index in [9.17, 15) is 17.6 Å². The van der Waals surface area contributed by atoms with E-state index >= 15 is 4.39 Å². The zero-order valence-corrected chi connectivity index (χ0v) is 24.5. The van der Waals surface area contributed by atoms with E-state index in [1.807, 2.05) is 6.92 Å². The number of nitrogens with two attached hydrogens (primary N) is 1. The summed E-state index contributed by atoms with van der Waals surface area (Å²) in [6, 6.07) is 11.0. The van der Waals surface area contributed by atoms with Crippen molar-refractivity contribution in [3.63, 3.8) is 0 Å².